The maximum atomic E-state index is 13.4. The average molecular weight is 682 g/mol. The van der Waals surface area contributed by atoms with Crippen LogP contribution in [-0.2, 0) is 21.1 Å². The molecule has 0 aliphatic heterocycles. The Bertz CT molecular complexity index is 2090. The number of imidazole rings is 3. The zero-order chi connectivity index (χ0) is 35.5. The summed E-state index contributed by atoms with van der Waals surface area (Å²) in [6, 6.07) is 24.8. The predicted octanol–water partition coefficient (Wildman–Crippen LogP) is 4.19. The monoisotopic (exact) mass is 681 g/mol. The van der Waals surface area contributed by atoms with Crippen LogP contribution in [0.3, 0.4) is 0 Å². The van der Waals surface area contributed by atoms with Crippen molar-refractivity contribution in [2.24, 2.45) is 21.1 Å². The first-order valence-electron chi connectivity index (χ1n) is 15.9. The van der Waals surface area contributed by atoms with Crippen molar-refractivity contribution in [3.63, 3.8) is 0 Å². The lowest BCUT2D eigenvalue weighted by Crippen LogP contribution is -2.27. The molecule has 7 rings (SSSR count). The quantitative estimate of drug-likeness (QED) is 0.129. The number of hydrogen-bond donors (Lipinski definition) is 0. The standard InChI is InChI=1S/C39H33N6O6/c1-40-16-19-43(25-40)31-4-10-34(11-5-31)49-37(46)28-22-29(38(47)50-35-12-6-32(7-13-35)44-20-17-41(2)26-44)24-30(23-28)39(48)51-36-14-8-33(9-15-36)45-21-18-42(3)27-45/h4-27H,1-3H3/q+3. The molecule has 0 fully saturated rings. The molecule has 0 unspecified atom stereocenters. The molecule has 4 aromatic carbocycles. The maximum Gasteiger partial charge on any atom is 0.343 e. The summed E-state index contributed by atoms with van der Waals surface area (Å²) in [4.78, 5) is 40.3. The second-order valence-corrected chi connectivity index (χ2v) is 11.9. The highest BCUT2D eigenvalue weighted by Gasteiger charge is 2.21. The van der Waals surface area contributed by atoms with Crippen molar-refractivity contribution in [3.8, 4) is 34.3 Å². The number of esters is 3. The third kappa shape index (κ3) is 7.50. The number of benzene rings is 4. The second-order valence-electron chi connectivity index (χ2n) is 11.9. The van der Waals surface area contributed by atoms with Gasteiger partial charge in [-0.2, -0.15) is 0 Å². The van der Waals surface area contributed by atoms with E-state index < -0.39 is 17.9 Å². The van der Waals surface area contributed by atoms with E-state index in [1.807, 2.05) is 141 Å². The Hall–Kier alpha value is -7.08. The van der Waals surface area contributed by atoms with Crippen LogP contribution in [0.4, 0.5) is 0 Å². The Morgan fingerprint density at radius 2 is 0.902 bits per heavy atom. The molecule has 0 N–H and O–H groups in total. The summed E-state index contributed by atoms with van der Waals surface area (Å²) < 4.78 is 28.4. The van der Waals surface area contributed by atoms with Gasteiger partial charge < -0.3 is 14.2 Å². The highest BCUT2D eigenvalue weighted by atomic mass is 16.5. The fourth-order valence-electron chi connectivity index (χ4n) is 5.35. The van der Waals surface area contributed by atoms with Crippen molar-refractivity contribution >= 4 is 17.9 Å². The van der Waals surface area contributed by atoms with Crippen molar-refractivity contribution in [1.29, 1.82) is 0 Å². The molecule has 12 heteroatoms. The number of ether oxygens (including phenoxy) is 3. The van der Waals surface area contributed by atoms with Gasteiger partial charge in [0.1, 0.15) is 71.5 Å². The van der Waals surface area contributed by atoms with Crippen LogP contribution in [0.1, 0.15) is 31.1 Å². The third-order valence-corrected chi connectivity index (χ3v) is 7.98. The highest BCUT2D eigenvalue weighted by molar-refractivity contribution is 6.01. The number of nitrogens with zero attached hydrogens (tertiary/aromatic N) is 6. The second kappa shape index (κ2) is 13.8. The summed E-state index contributed by atoms with van der Waals surface area (Å²) in [5.74, 6) is -1.47. The normalized spacial score (nSPS) is 10.9. The summed E-state index contributed by atoms with van der Waals surface area (Å²) in [7, 11) is 5.76. The molecular formula is C39H33N6O6+3. The van der Waals surface area contributed by atoms with Crippen LogP contribution in [-0.4, -0.2) is 31.6 Å². The van der Waals surface area contributed by atoms with Crippen LogP contribution in [0.5, 0.6) is 17.2 Å². The van der Waals surface area contributed by atoms with Gasteiger partial charge in [-0.15, -0.1) is 0 Å². The maximum absolute atomic E-state index is 13.4. The van der Waals surface area contributed by atoms with E-state index in [0.29, 0.717) is 0 Å². The number of carbonyl (C=O) groups is 3. The number of hydrogen-bond acceptors (Lipinski definition) is 6. The van der Waals surface area contributed by atoms with Crippen molar-refractivity contribution in [3.05, 3.63) is 164 Å². The van der Waals surface area contributed by atoms with Gasteiger partial charge in [-0.25, -0.2) is 41.8 Å². The summed E-state index contributed by atoms with van der Waals surface area (Å²) >= 11 is 0. The lowest BCUT2D eigenvalue weighted by molar-refractivity contribution is -0.670. The van der Waals surface area contributed by atoms with Crippen LogP contribution >= 0.6 is 0 Å². The molecule has 0 amide bonds. The summed E-state index contributed by atoms with van der Waals surface area (Å²) in [5.41, 5.74) is 2.50. The minimum absolute atomic E-state index is 0.0374. The molecule has 3 aromatic heterocycles. The van der Waals surface area contributed by atoms with Crippen LogP contribution in [0, 0.1) is 0 Å². The van der Waals surface area contributed by atoms with Crippen molar-refractivity contribution in [2.45, 2.75) is 0 Å². The van der Waals surface area contributed by atoms with Gasteiger partial charge >= 0.3 is 17.9 Å². The van der Waals surface area contributed by atoms with E-state index in [1.165, 1.54) is 18.2 Å². The molecule has 0 aliphatic carbocycles. The molecule has 252 valence electrons. The van der Waals surface area contributed by atoms with Gasteiger partial charge in [0.15, 0.2) is 0 Å². The van der Waals surface area contributed by atoms with E-state index in [9.17, 15) is 14.4 Å². The molecule has 0 saturated heterocycles. The minimum atomic E-state index is -0.771. The fourth-order valence-corrected chi connectivity index (χ4v) is 5.35. The van der Waals surface area contributed by atoms with Gasteiger partial charge in [-0.3, -0.25) is 0 Å². The third-order valence-electron chi connectivity index (χ3n) is 7.98. The molecule has 51 heavy (non-hydrogen) atoms. The van der Waals surface area contributed by atoms with E-state index in [0.717, 1.165) is 17.1 Å². The minimum Gasteiger partial charge on any atom is -0.423 e. The van der Waals surface area contributed by atoms with Gasteiger partial charge in [-0.1, -0.05) is 0 Å². The van der Waals surface area contributed by atoms with Gasteiger partial charge in [-0.05, 0) is 91.0 Å². The van der Waals surface area contributed by atoms with Crippen molar-refractivity contribution in [2.75, 3.05) is 0 Å². The molecular weight excluding hydrogens is 648 g/mol. The average Bonchev–Trinajstić information content (AvgIpc) is 3.90. The van der Waals surface area contributed by atoms with Crippen LogP contribution < -0.4 is 27.9 Å². The van der Waals surface area contributed by atoms with E-state index in [-0.39, 0.29) is 33.9 Å². The lowest BCUT2D eigenvalue weighted by Gasteiger charge is -2.11. The SMILES string of the molecule is Cn1cc[n+](-c2ccc(OC(=O)c3cc(C(=O)Oc4ccc(-n5cc[n+](C)c5)cc4)cc(C(=O)Oc4ccc(-[n+]5ccn(C)c5)cc4)c3)cc2)c1. The molecule has 12 nitrogen and oxygen atoms in total. The molecule has 3 heterocycles. The van der Waals surface area contributed by atoms with Gasteiger partial charge in [0, 0.05) is 0 Å². The molecule has 0 spiro atoms. The van der Waals surface area contributed by atoms with Crippen molar-refractivity contribution < 1.29 is 42.3 Å². The van der Waals surface area contributed by atoms with E-state index in [2.05, 4.69) is 0 Å². The topological polar surface area (TPSA) is 105 Å². The van der Waals surface area contributed by atoms with Crippen LogP contribution in [0.2, 0.25) is 0 Å². The van der Waals surface area contributed by atoms with Crippen LogP contribution in [0.15, 0.2) is 147 Å². The molecule has 0 atom stereocenters. The van der Waals surface area contributed by atoms with E-state index in [1.54, 1.807) is 36.4 Å². The fraction of sp³-hybridized carbons (Fsp3) is 0.0769. The summed E-state index contributed by atoms with van der Waals surface area (Å²) in [6.07, 6.45) is 17.1. The van der Waals surface area contributed by atoms with Gasteiger partial charge in [0.05, 0.1) is 37.8 Å². The Kier molecular flexibility index (Phi) is 8.79. The Labute approximate surface area is 292 Å². The smallest absolute Gasteiger partial charge is 0.343 e. The summed E-state index contributed by atoms with van der Waals surface area (Å²) in [5, 5.41) is 0. The highest BCUT2D eigenvalue weighted by Crippen LogP contribution is 2.22. The number of aryl methyl sites for hydroxylation is 3. The Balaban J connectivity index is 1.13. The van der Waals surface area contributed by atoms with Crippen LogP contribution in [0.25, 0.3) is 17.1 Å². The van der Waals surface area contributed by atoms with Crippen molar-refractivity contribution in [1.82, 2.24) is 13.7 Å². The molecule has 0 saturated carbocycles. The first-order valence-corrected chi connectivity index (χ1v) is 15.9. The van der Waals surface area contributed by atoms with E-state index >= 15 is 0 Å². The zero-order valence-corrected chi connectivity index (χ0v) is 28.0. The van der Waals surface area contributed by atoms with E-state index in [4.69, 9.17) is 14.2 Å². The first-order chi connectivity index (χ1) is 24.7. The zero-order valence-electron chi connectivity index (χ0n) is 28.0. The molecule has 7 aromatic rings. The van der Waals surface area contributed by atoms with Gasteiger partial charge in [0.2, 0.25) is 19.0 Å². The summed E-state index contributed by atoms with van der Waals surface area (Å²) in [6.45, 7) is 0. The number of aromatic nitrogens is 6. The molecule has 0 radical (unpaired) electrons. The van der Waals surface area contributed by atoms with Gasteiger partial charge in [0.25, 0.3) is 0 Å². The Morgan fingerprint density at radius 3 is 1.24 bits per heavy atom. The predicted molar refractivity (Wildman–Crippen MR) is 182 cm³/mol. The lowest BCUT2D eigenvalue weighted by atomic mass is 10.1. The molecule has 0 aliphatic rings. The number of rotatable bonds is 9. The molecule has 0 bridgehead atoms. The number of carbonyl (C=O) groups excluding carboxylic acids is 3. The Morgan fingerprint density at radius 1 is 0.510 bits per heavy atom. The largest absolute Gasteiger partial charge is 0.423 e. The first kappa shape index (κ1) is 32.5.